The zero-order valence-corrected chi connectivity index (χ0v) is 12.2. The summed E-state index contributed by atoms with van der Waals surface area (Å²) in [6.07, 6.45) is 2.55. The van der Waals surface area contributed by atoms with Crippen LogP contribution in [0.5, 0.6) is 0 Å². The Morgan fingerprint density at radius 3 is 2.63 bits per heavy atom. The maximum Gasteiger partial charge on any atom is 0.260 e. The molecule has 7 nitrogen and oxygen atoms in total. The molecule has 0 aromatic carbocycles. The number of likely N-dealkylation sites (N-methyl/N-ethyl adjacent to an activating group) is 1. The van der Waals surface area contributed by atoms with Crippen LogP contribution in [0.1, 0.15) is 26.1 Å². The maximum absolute atomic E-state index is 12.4. The van der Waals surface area contributed by atoms with E-state index in [1.54, 1.807) is 0 Å². The molecule has 1 aromatic heterocycles. The fourth-order valence-corrected chi connectivity index (χ4v) is 2.99. The van der Waals surface area contributed by atoms with Gasteiger partial charge in [-0.05, 0) is 6.42 Å². The summed E-state index contributed by atoms with van der Waals surface area (Å²) in [6.45, 7) is 3.84. The van der Waals surface area contributed by atoms with E-state index in [0.29, 0.717) is 18.7 Å². The fourth-order valence-electron chi connectivity index (χ4n) is 1.57. The van der Waals surface area contributed by atoms with Gasteiger partial charge in [0.05, 0.1) is 12.7 Å². The van der Waals surface area contributed by atoms with Gasteiger partial charge in [-0.15, -0.1) is 0 Å². The van der Waals surface area contributed by atoms with E-state index >= 15 is 0 Å². The summed E-state index contributed by atoms with van der Waals surface area (Å²) in [5, 5.41) is 2.45. The van der Waals surface area contributed by atoms with Crippen LogP contribution in [-0.2, 0) is 21.2 Å². The zero-order chi connectivity index (χ0) is 14.5. The molecule has 19 heavy (non-hydrogen) atoms. The second-order valence-corrected chi connectivity index (χ2v) is 5.97. The molecule has 0 fully saturated rings. The van der Waals surface area contributed by atoms with Crippen molar-refractivity contribution in [3.63, 3.8) is 0 Å². The summed E-state index contributed by atoms with van der Waals surface area (Å²) < 4.78 is 25.9. The number of aromatic nitrogens is 2. The summed E-state index contributed by atoms with van der Waals surface area (Å²) in [4.78, 5) is 18.1. The van der Waals surface area contributed by atoms with Crippen molar-refractivity contribution in [1.29, 1.82) is 0 Å². The van der Waals surface area contributed by atoms with E-state index in [1.807, 2.05) is 13.8 Å². The van der Waals surface area contributed by atoms with E-state index < -0.39 is 10.0 Å². The number of hydrogen-bond acceptors (Lipinski definition) is 4. The predicted molar refractivity (Wildman–Crippen MR) is 71.1 cm³/mol. The third-order valence-electron chi connectivity index (χ3n) is 2.63. The van der Waals surface area contributed by atoms with Crippen LogP contribution < -0.4 is 5.32 Å². The minimum atomic E-state index is -3.70. The van der Waals surface area contributed by atoms with Gasteiger partial charge in [0.15, 0.2) is 5.03 Å². The molecule has 0 radical (unpaired) electrons. The van der Waals surface area contributed by atoms with Crippen molar-refractivity contribution in [2.45, 2.75) is 31.7 Å². The second kappa shape index (κ2) is 6.67. The molecular formula is C11H20N4O3S. The van der Waals surface area contributed by atoms with Gasteiger partial charge in [0.2, 0.25) is 5.91 Å². The van der Waals surface area contributed by atoms with E-state index in [2.05, 4.69) is 15.3 Å². The van der Waals surface area contributed by atoms with E-state index in [0.717, 1.165) is 4.31 Å². The lowest BCUT2D eigenvalue weighted by molar-refractivity contribution is -0.120. The number of nitrogens with one attached hydrogen (secondary N) is 2. The Morgan fingerprint density at radius 2 is 2.16 bits per heavy atom. The zero-order valence-electron chi connectivity index (χ0n) is 11.4. The van der Waals surface area contributed by atoms with Gasteiger partial charge in [0.25, 0.3) is 10.0 Å². The van der Waals surface area contributed by atoms with E-state index in [9.17, 15) is 13.2 Å². The molecular weight excluding hydrogens is 268 g/mol. The summed E-state index contributed by atoms with van der Waals surface area (Å²) in [5.74, 6) is 0.266. The molecule has 2 N–H and O–H groups in total. The maximum atomic E-state index is 12.4. The molecule has 1 heterocycles. The molecule has 0 unspecified atom stereocenters. The Bertz CT molecular complexity index is 524. The van der Waals surface area contributed by atoms with Crippen LogP contribution in [0.15, 0.2) is 11.2 Å². The molecule has 8 heteroatoms. The second-order valence-electron chi connectivity index (χ2n) is 4.06. The molecule has 0 aliphatic heterocycles. The quantitative estimate of drug-likeness (QED) is 0.745. The molecule has 0 spiro atoms. The van der Waals surface area contributed by atoms with Crippen molar-refractivity contribution in [3.05, 3.63) is 12.0 Å². The lowest BCUT2D eigenvalue weighted by Crippen LogP contribution is -2.40. The Kier molecular flexibility index (Phi) is 5.49. The average Bonchev–Trinajstić information content (AvgIpc) is 2.87. The van der Waals surface area contributed by atoms with E-state index in [-0.39, 0.29) is 24.0 Å². The van der Waals surface area contributed by atoms with Crippen LogP contribution in [0.4, 0.5) is 0 Å². The molecule has 1 amide bonds. The lowest BCUT2D eigenvalue weighted by atomic mass is 10.4. The minimum absolute atomic E-state index is 0.0294. The van der Waals surface area contributed by atoms with E-state index in [4.69, 9.17) is 0 Å². The number of carbonyl (C=O) groups excluding carboxylic acids is 1. The van der Waals surface area contributed by atoms with Crippen molar-refractivity contribution in [2.75, 3.05) is 20.1 Å². The number of nitrogens with zero attached hydrogens (tertiary/aromatic N) is 2. The summed E-state index contributed by atoms with van der Waals surface area (Å²) in [6, 6.07) is 0. The highest BCUT2D eigenvalue weighted by atomic mass is 32.2. The van der Waals surface area contributed by atoms with Crippen LogP contribution in [0.3, 0.4) is 0 Å². The summed E-state index contributed by atoms with van der Waals surface area (Å²) in [7, 11) is -2.23. The molecule has 0 aliphatic rings. The van der Waals surface area contributed by atoms with Crippen LogP contribution in [0.2, 0.25) is 0 Å². The molecule has 0 saturated carbocycles. The first kappa shape index (κ1) is 15.6. The molecule has 1 rings (SSSR count). The Balaban J connectivity index is 3.01. The average molecular weight is 288 g/mol. The van der Waals surface area contributed by atoms with Crippen molar-refractivity contribution in [1.82, 2.24) is 19.6 Å². The van der Waals surface area contributed by atoms with Gasteiger partial charge in [-0.2, -0.15) is 4.31 Å². The van der Waals surface area contributed by atoms with Gasteiger partial charge in [-0.25, -0.2) is 13.4 Å². The van der Waals surface area contributed by atoms with Gasteiger partial charge in [-0.3, -0.25) is 4.79 Å². The number of aryl methyl sites for hydroxylation is 1. The largest absolute Gasteiger partial charge is 0.358 e. The summed E-state index contributed by atoms with van der Waals surface area (Å²) in [5.41, 5.74) is 0. The van der Waals surface area contributed by atoms with Gasteiger partial charge in [0.1, 0.15) is 5.82 Å². The van der Waals surface area contributed by atoms with Crippen LogP contribution in [-0.4, -0.2) is 48.7 Å². The highest BCUT2D eigenvalue weighted by molar-refractivity contribution is 7.89. The molecule has 0 bridgehead atoms. The number of sulfonamides is 1. The number of rotatable bonds is 7. The predicted octanol–water partition coefficient (Wildman–Crippen LogP) is 0.119. The van der Waals surface area contributed by atoms with Gasteiger partial charge >= 0.3 is 0 Å². The fraction of sp³-hybridized carbons (Fsp3) is 0.636. The van der Waals surface area contributed by atoms with Gasteiger partial charge in [-0.1, -0.05) is 13.8 Å². The van der Waals surface area contributed by atoms with Crippen LogP contribution in [0, 0.1) is 0 Å². The van der Waals surface area contributed by atoms with Crippen LogP contribution in [0.25, 0.3) is 0 Å². The Hall–Kier alpha value is -1.41. The number of amides is 1. The lowest BCUT2D eigenvalue weighted by Gasteiger charge is -2.19. The smallest absolute Gasteiger partial charge is 0.260 e. The number of H-pyrrole nitrogens is 1. The number of imidazole rings is 1. The molecule has 1 aromatic rings. The highest BCUT2D eigenvalue weighted by Gasteiger charge is 2.27. The normalized spacial score (nSPS) is 11.8. The molecule has 0 saturated heterocycles. The monoisotopic (exact) mass is 288 g/mol. The Morgan fingerprint density at radius 1 is 1.47 bits per heavy atom. The standard InChI is InChI=1S/C11H20N4O3S/c1-4-6-15(8-10(16)12-3)19(17,18)11-7-13-9(5-2)14-11/h7H,4-6,8H2,1-3H3,(H,12,16)(H,13,14). The topological polar surface area (TPSA) is 95.2 Å². The first-order valence-electron chi connectivity index (χ1n) is 6.20. The van der Waals surface area contributed by atoms with Crippen molar-refractivity contribution < 1.29 is 13.2 Å². The molecule has 108 valence electrons. The van der Waals surface area contributed by atoms with Crippen LogP contribution >= 0.6 is 0 Å². The first-order chi connectivity index (χ1) is 8.95. The third-order valence-corrected chi connectivity index (χ3v) is 4.38. The first-order valence-corrected chi connectivity index (χ1v) is 7.64. The SMILES string of the molecule is CCCN(CC(=O)NC)S(=O)(=O)c1cnc(CC)[nH]1. The highest BCUT2D eigenvalue weighted by Crippen LogP contribution is 2.14. The number of hydrogen-bond donors (Lipinski definition) is 2. The van der Waals surface area contributed by atoms with Crippen molar-refractivity contribution in [3.8, 4) is 0 Å². The molecule has 0 aliphatic carbocycles. The van der Waals surface area contributed by atoms with Gasteiger partial charge in [0, 0.05) is 20.0 Å². The minimum Gasteiger partial charge on any atom is -0.358 e. The third kappa shape index (κ3) is 3.77. The van der Waals surface area contributed by atoms with Crippen molar-refractivity contribution in [2.24, 2.45) is 0 Å². The van der Waals surface area contributed by atoms with Crippen molar-refractivity contribution >= 4 is 15.9 Å². The summed E-state index contributed by atoms with van der Waals surface area (Å²) >= 11 is 0. The Labute approximate surface area is 113 Å². The number of aromatic amines is 1. The van der Waals surface area contributed by atoms with Gasteiger partial charge < -0.3 is 10.3 Å². The van der Waals surface area contributed by atoms with E-state index in [1.165, 1.54) is 13.2 Å². The number of carbonyl (C=O) groups is 1. The molecule has 0 atom stereocenters.